The molecule has 0 N–H and O–H groups in total. The standard InChI is InChI=1S/C22H19NO3/c1-26-22(25)20-8-5-13-23(21(20)16-24)15-19-11-9-18(10-12-19)14-17-6-3-2-4-7-17/h2-13H,14-15H2,1H3. The van der Waals surface area contributed by atoms with Gasteiger partial charge in [-0.15, -0.1) is 0 Å². The topological polar surface area (TPSA) is 46.6 Å². The first kappa shape index (κ1) is 17.5. The number of rotatable bonds is 5. The van der Waals surface area contributed by atoms with E-state index in [1.165, 1.54) is 18.2 Å². The molecule has 2 aromatic carbocycles. The number of hydrogen-bond acceptors (Lipinski definition) is 4. The van der Waals surface area contributed by atoms with Crippen LogP contribution in [-0.4, -0.2) is 23.9 Å². The third-order valence-electron chi connectivity index (χ3n) is 4.20. The molecule has 0 unspecified atom stereocenters. The van der Waals surface area contributed by atoms with Crippen molar-refractivity contribution in [3.63, 3.8) is 0 Å². The Balaban J connectivity index is 1.71. The molecule has 0 saturated heterocycles. The van der Waals surface area contributed by atoms with Crippen LogP contribution >= 0.6 is 0 Å². The average molecular weight is 345 g/mol. The van der Waals surface area contributed by atoms with E-state index in [-0.39, 0.29) is 11.3 Å². The normalized spacial score (nSPS) is 13.2. The van der Waals surface area contributed by atoms with Gasteiger partial charge in [-0.2, -0.15) is 0 Å². The summed E-state index contributed by atoms with van der Waals surface area (Å²) in [7, 11) is 1.29. The zero-order valence-corrected chi connectivity index (χ0v) is 14.5. The highest BCUT2D eigenvalue weighted by Crippen LogP contribution is 2.22. The minimum Gasteiger partial charge on any atom is -0.465 e. The largest absolute Gasteiger partial charge is 0.465 e. The highest BCUT2D eigenvalue weighted by atomic mass is 16.5. The lowest BCUT2D eigenvalue weighted by Gasteiger charge is -2.24. The molecule has 1 aliphatic rings. The van der Waals surface area contributed by atoms with Crippen molar-refractivity contribution in [1.82, 2.24) is 4.90 Å². The predicted molar refractivity (Wildman–Crippen MR) is 99.7 cm³/mol. The molecular weight excluding hydrogens is 326 g/mol. The van der Waals surface area contributed by atoms with Gasteiger partial charge in [0, 0.05) is 12.7 Å². The third-order valence-corrected chi connectivity index (χ3v) is 4.20. The lowest BCUT2D eigenvalue weighted by molar-refractivity contribution is -0.135. The fraction of sp³-hybridized carbons (Fsp3) is 0.136. The maximum absolute atomic E-state index is 11.8. The van der Waals surface area contributed by atoms with Gasteiger partial charge in [-0.3, -0.25) is 0 Å². The Bertz CT molecular complexity index is 889. The van der Waals surface area contributed by atoms with E-state index >= 15 is 0 Å². The summed E-state index contributed by atoms with van der Waals surface area (Å²) in [5.41, 5.74) is 3.91. The zero-order valence-electron chi connectivity index (χ0n) is 14.5. The van der Waals surface area contributed by atoms with Crippen LogP contribution in [0.4, 0.5) is 0 Å². The summed E-state index contributed by atoms with van der Waals surface area (Å²) < 4.78 is 4.73. The number of ether oxygens (including phenoxy) is 1. The maximum Gasteiger partial charge on any atom is 0.340 e. The lowest BCUT2D eigenvalue weighted by Crippen LogP contribution is -2.24. The molecule has 130 valence electrons. The highest BCUT2D eigenvalue weighted by Gasteiger charge is 2.23. The second-order valence-electron chi connectivity index (χ2n) is 5.97. The Hall–Kier alpha value is -3.36. The molecule has 1 heterocycles. The van der Waals surface area contributed by atoms with Gasteiger partial charge in [-0.1, -0.05) is 54.6 Å². The molecular formula is C22H19NO3. The van der Waals surface area contributed by atoms with Crippen molar-refractivity contribution in [2.24, 2.45) is 0 Å². The fourth-order valence-corrected chi connectivity index (χ4v) is 2.86. The van der Waals surface area contributed by atoms with E-state index in [1.807, 2.05) is 36.3 Å². The van der Waals surface area contributed by atoms with Crippen LogP contribution in [0.25, 0.3) is 0 Å². The Morgan fingerprint density at radius 1 is 1.00 bits per heavy atom. The molecule has 0 atom stereocenters. The third kappa shape index (κ3) is 4.00. The van der Waals surface area contributed by atoms with Crippen LogP contribution in [0, 0.1) is 0 Å². The molecule has 1 aliphatic heterocycles. The number of esters is 1. The minimum atomic E-state index is -0.545. The summed E-state index contributed by atoms with van der Waals surface area (Å²) in [5, 5.41) is 0. The number of nitrogens with zero attached hydrogens (tertiary/aromatic N) is 1. The summed E-state index contributed by atoms with van der Waals surface area (Å²) in [5.74, 6) is 1.31. The second-order valence-corrected chi connectivity index (χ2v) is 5.97. The van der Waals surface area contributed by atoms with Crippen molar-refractivity contribution in [3.8, 4) is 0 Å². The van der Waals surface area contributed by atoms with Crippen LogP contribution < -0.4 is 0 Å². The molecule has 3 rings (SSSR count). The van der Waals surface area contributed by atoms with Gasteiger partial charge in [0.15, 0.2) is 5.94 Å². The monoisotopic (exact) mass is 345 g/mol. The molecule has 0 amide bonds. The molecule has 0 saturated carbocycles. The Morgan fingerprint density at radius 2 is 1.65 bits per heavy atom. The fourth-order valence-electron chi connectivity index (χ4n) is 2.86. The predicted octanol–water partition coefficient (Wildman–Crippen LogP) is 3.42. The van der Waals surface area contributed by atoms with E-state index < -0.39 is 5.97 Å². The van der Waals surface area contributed by atoms with Gasteiger partial charge in [-0.25, -0.2) is 9.59 Å². The molecule has 0 radical (unpaired) electrons. The SMILES string of the molecule is COC(=O)C1=CC=CN(Cc2ccc(Cc3ccccc3)cc2)C1=C=O. The summed E-state index contributed by atoms with van der Waals surface area (Å²) in [6.45, 7) is 0.473. The van der Waals surface area contributed by atoms with Crippen molar-refractivity contribution in [3.05, 3.63) is 101 Å². The Morgan fingerprint density at radius 3 is 2.31 bits per heavy atom. The Labute approximate surface area is 152 Å². The van der Waals surface area contributed by atoms with Crippen molar-refractivity contribution >= 4 is 11.9 Å². The number of methoxy groups -OCH3 is 1. The summed E-state index contributed by atoms with van der Waals surface area (Å²) in [4.78, 5) is 24.9. The van der Waals surface area contributed by atoms with Gasteiger partial charge >= 0.3 is 5.97 Å². The number of benzene rings is 2. The summed E-state index contributed by atoms with van der Waals surface area (Å²) in [6.07, 6.45) is 5.91. The van der Waals surface area contributed by atoms with Crippen molar-refractivity contribution in [2.45, 2.75) is 13.0 Å². The molecule has 0 fully saturated rings. The highest BCUT2D eigenvalue weighted by molar-refractivity contribution is 5.96. The van der Waals surface area contributed by atoms with Crippen molar-refractivity contribution < 1.29 is 14.3 Å². The molecule has 26 heavy (non-hydrogen) atoms. The number of hydrogen-bond donors (Lipinski definition) is 0. The first-order valence-corrected chi connectivity index (χ1v) is 8.32. The van der Waals surface area contributed by atoms with Crippen LogP contribution in [0.5, 0.6) is 0 Å². The smallest absolute Gasteiger partial charge is 0.340 e. The van der Waals surface area contributed by atoms with Crippen LogP contribution in [0.1, 0.15) is 16.7 Å². The molecule has 0 aliphatic carbocycles. The minimum absolute atomic E-state index is 0.188. The van der Waals surface area contributed by atoms with E-state index in [9.17, 15) is 9.59 Å². The summed E-state index contributed by atoms with van der Waals surface area (Å²) >= 11 is 0. The number of carbonyl (C=O) groups excluding carboxylic acids is 2. The second kappa shape index (κ2) is 8.15. The van der Waals surface area contributed by atoms with Crippen LogP contribution in [0.2, 0.25) is 0 Å². The van der Waals surface area contributed by atoms with Crippen LogP contribution in [0.3, 0.4) is 0 Å². The van der Waals surface area contributed by atoms with Gasteiger partial charge in [0.1, 0.15) is 5.70 Å². The molecule has 0 bridgehead atoms. The zero-order chi connectivity index (χ0) is 18.4. The molecule has 2 aromatic rings. The van der Waals surface area contributed by atoms with Gasteiger partial charge < -0.3 is 9.64 Å². The van der Waals surface area contributed by atoms with E-state index in [0.29, 0.717) is 6.54 Å². The van der Waals surface area contributed by atoms with Crippen molar-refractivity contribution in [1.29, 1.82) is 0 Å². The van der Waals surface area contributed by atoms with E-state index in [0.717, 1.165) is 12.0 Å². The maximum atomic E-state index is 11.8. The first-order chi connectivity index (χ1) is 12.7. The summed E-state index contributed by atoms with van der Waals surface area (Å²) in [6, 6.07) is 18.5. The van der Waals surface area contributed by atoms with Gasteiger partial charge in [0.2, 0.25) is 0 Å². The van der Waals surface area contributed by atoms with Gasteiger partial charge in [0.05, 0.1) is 12.7 Å². The van der Waals surface area contributed by atoms with Crippen LogP contribution in [0.15, 0.2) is 84.2 Å². The Kier molecular flexibility index (Phi) is 5.47. The van der Waals surface area contributed by atoms with Gasteiger partial charge in [-0.05, 0) is 35.3 Å². The molecule has 4 nitrogen and oxygen atoms in total. The molecule has 0 spiro atoms. The average Bonchev–Trinajstić information content (AvgIpc) is 2.69. The van der Waals surface area contributed by atoms with E-state index in [1.54, 1.807) is 23.3 Å². The molecule has 0 aromatic heterocycles. The number of allylic oxidation sites excluding steroid dienone is 2. The van der Waals surface area contributed by atoms with Gasteiger partial charge in [0.25, 0.3) is 0 Å². The number of carbonyl (C=O) groups is 1. The quantitative estimate of drug-likeness (QED) is 0.615. The lowest BCUT2D eigenvalue weighted by atomic mass is 10.0. The van der Waals surface area contributed by atoms with Crippen LogP contribution in [-0.2, 0) is 27.3 Å². The molecule has 4 heteroatoms. The van der Waals surface area contributed by atoms with E-state index in [4.69, 9.17) is 4.74 Å². The van der Waals surface area contributed by atoms with Crippen molar-refractivity contribution in [2.75, 3.05) is 7.11 Å². The van der Waals surface area contributed by atoms with E-state index in [2.05, 4.69) is 24.3 Å². The first-order valence-electron chi connectivity index (χ1n) is 8.32.